The fraction of sp³-hybridized carbons (Fsp3) is 0.280. The summed E-state index contributed by atoms with van der Waals surface area (Å²) in [5, 5.41) is 9.19. The van der Waals surface area contributed by atoms with Crippen molar-refractivity contribution < 1.29 is 23.9 Å². The van der Waals surface area contributed by atoms with Crippen molar-refractivity contribution in [2.75, 3.05) is 13.2 Å². The SMILES string of the molecule is CCONC(CC(=O)O)=C(C)c1cccc(OCCc2nc(-c3ccccc3)oc2C)c1. The number of oxazole rings is 1. The van der Waals surface area contributed by atoms with E-state index in [4.69, 9.17) is 14.0 Å². The number of carboxylic acid groups (broad SMARTS) is 1. The van der Waals surface area contributed by atoms with E-state index in [1.807, 2.05) is 75.4 Å². The summed E-state index contributed by atoms with van der Waals surface area (Å²) in [6, 6.07) is 17.3. The van der Waals surface area contributed by atoms with Gasteiger partial charge in [0.2, 0.25) is 5.89 Å². The number of ether oxygens (including phenoxy) is 1. The first-order valence-electron chi connectivity index (χ1n) is 10.5. The summed E-state index contributed by atoms with van der Waals surface area (Å²) in [7, 11) is 0. The van der Waals surface area contributed by atoms with Crippen LogP contribution in [0.25, 0.3) is 17.0 Å². The number of aromatic nitrogens is 1. The monoisotopic (exact) mass is 436 g/mol. The molecule has 3 rings (SSSR count). The molecule has 7 heteroatoms. The Bertz CT molecular complexity index is 1070. The van der Waals surface area contributed by atoms with E-state index in [0.717, 1.165) is 28.2 Å². The number of nitrogens with one attached hydrogen (secondary N) is 1. The third-order valence-electron chi connectivity index (χ3n) is 4.91. The van der Waals surface area contributed by atoms with E-state index in [9.17, 15) is 9.90 Å². The predicted molar refractivity (Wildman–Crippen MR) is 122 cm³/mol. The second kappa shape index (κ2) is 11.2. The van der Waals surface area contributed by atoms with Gasteiger partial charge < -0.3 is 14.3 Å². The Morgan fingerprint density at radius 2 is 1.94 bits per heavy atom. The second-order valence-electron chi connectivity index (χ2n) is 7.22. The van der Waals surface area contributed by atoms with E-state index in [1.54, 1.807) is 0 Å². The Morgan fingerprint density at radius 1 is 1.16 bits per heavy atom. The van der Waals surface area contributed by atoms with Gasteiger partial charge >= 0.3 is 5.97 Å². The van der Waals surface area contributed by atoms with Gasteiger partial charge in [-0.25, -0.2) is 4.98 Å². The molecule has 0 atom stereocenters. The quantitative estimate of drug-likeness (QED) is 0.408. The molecule has 0 bridgehead atoms. The first-order chi connectivity index (χ1) is 15.5. The minimum Gasteiger partial charge on any atom is -0.493 e. The van der Waals surface area contributed by atoms with Crippen LogP contribution in [-0.4, -0.2) is 29.3 Å². The van der Waals surface area contributed by atoms with E-state index in [2.05, 4.69) is 10.5 Å². The molecule has 0 radical (unpaired) electrons. The molecule has 0 amide bonds. The van der Waals surface area contributed by atoms with Gasteiger partial charge in [-0.1, -0.05) is 30.3 Å². The molecule has 0 aliphatic heterocycles. The minimum atomic E-state index is -0.934. The lowest BCUT2D eigenvalue weighted by molar-refractivity contribution is -0.136. The lowest BCUT2D eigenvalue weighted by atomic mass is 10.0. The van der Waals surface area contributed by atoms with Crippen LogP contribution in [0.15, 0.2) is 64.7 Å². The van der Waals surface area contributed by atoms with Crippen LogP contribution in [-0.2, 0) is 16.1 Å². The van der Waals surface area contributed by atoms with Crippen molar-refractivity contribution in [3.05, 3.63) is 77.3 Å². The summed E-state index contributed by atoms with van der Waals surface area (Å²) in [6.07, 6.45) is 0.448. The number of rotatable bonds is 11. The maximum atomic E-state index is 11.2. The summed E-state index contributed by atoms with van der Waals surface area (Å²) in [4.78, 5) is 21.0. The van der Waals surface area contributed by atoms with Gasteiger partial charge in [-0.05, 0) is 56.2 Å². The largest absolute Gasteiger partial charge is 0.493 e. The molecule has 1 heterocycles. The van der Waals surface area contributed by atoms with Crippen LogP contribution in [0.2, 0.25) is 0 Å². The van der Waals surface area contributed by atoms with Gasteiger partial charge in [0.25, 0.3) is 0 Å². The molecule has 0 spiro atoms. The van der Waals surface area contributed by atoms with E-state index < -0.39 is 5.97 Å². The summed E-state index contributed by atoms with van der Waals surface area (Å²) in [5.74, 6) is 1.14. The Morgan fingerprint density at radius 3 is 2.66 bits per heavy atom. The molecule has 0 fully saturated rings. The van der Waals surface area contributed by atoms with Gasteiger partial charge in [0.15, 0.2) is 0 Å². The molecule has 2 N–H and O–H groups in total. The highest BCUT2D eigenvalue weighted by atomic mass is 16.6. The van der Waals surface area contributed by atoms with E-state index in [1.165, 1.54) is 0 Å². The number of benzene rings is 2. The van der Waals surface area contributed by atoms with Gasteiger partial charge in [0.1, 0.15) is 11.5 Å². The normalized spacial score (nSPS) is 11.7. The average molecular weight is 437 g/mol. The van der Waals surface area contributed by atoms with Crippen LogP contribution in [0.4, 0.5) is 0 Å². The van der Waals surface area contributed by atoms with E-state index >= 15 is 0 Å². The highest BCUT2D eigenvalue weighted by Gasteiger charge is 2.13. The third kappa shape index (κ3) is 6.21. The molecule has 0 aliphatic rings. The smallest absolute Gasteiger partial charge is 0.309 e. The van der Waals surface area contributed by atoms with Gasteiger partial charge in [0, 0.05) is 12.0 Å². The highest BCUT2D eigenvalue weighted by Crippen LogP contribution is 2.24. The maximum Gasteiger partial charge on any atom is 0.309 e. The molecule has 2 aromatic carbocycles. The van der Waals surface area contributed by atoms with Crippen molar-refractivity contribution in [1.29, 1.82) is 0 Å². The summed E-state index contributed by atoms with van der Waals surface area (Å²) in [5.41, 5.74) is 6.69. The number of nitrogens with zero attached hydrogens (tertiary/aromatic N) is 1. The summed E-state index contributed by atoms with van der Waals surface area (Å²) < 4.78 is 11.7. The first-order valence-corrected chi connectivity index (χ1v) is 10.5. The lowest BCUT2D eigenvalue weighted by Gasteiger charge is -2.14. The molecule has 0 aliphatic carbocycles. The number of hydrogen-bond acceptors (Lipinski definition) is 6. The molecular formula is C25H28N2O5. The molecule has 7 nitrogen and oxygen atoms in total. The van der Waals surface area contributed by atoms with Crippen LogP contribution in [0.5, 0.6) is 5.75 Å². The number of carbonyl (C=O) groups is 1. The molecule has 1 aromatic heterocycles. The first kappa shape index (κ1) is 23.1. The topological polar surface area (TPSA) is 93.8 Å². The van der Waals surface area contributed by atoms with Crippen molar-refractivity contribution in [3.8, 4) is 17.2 Å². The second-order valence-corrected chi connectivity index (χ2v) is 7.22. The fourth-order valence-electron chi connectivity index (χ4n) is 3.18. The number of allylic oxidation sites excluding steroid dienone is 1. The van der Waals surface area contributed by atoms with Gasteiger partial charge in [0.05, 0.1) is 31.0 Å². The van der Waals surface area contributed by atoms with Crippen LogP contribution >= 0.6 is 0 Å². The zero-order valence-corrected chi connectivity index (χ0v) is 18.6. The van der Waals surface area contributed by atoms with E-state index in [0.29, 0.717) is 37.0 Å². The lowest BCUT2D eigenvalue weighted by Crippen LogP contribution is -2.18. The van der Waals surface area contributed by atoms with Crippen LogP contribution in [0.1, 0.15) is 37.3 Å². The maximum absolute atomic E-state index is 11.2. The van der Waals surface area contributed by atoms with Gasteiger partial charge in [-0.2, -0.15) is 0 Å². The molecule has 3 aromatic rings. The Labute approximate surface area is 187 Å². The molecule has 0 unspecified atom stereocenters. The minimum absolute atomic E-state index is 0.161. The van der Waals surface area contributed by atoms with Gasteiger partial charge in [-0.15, -0.1) is 0 Å². The van der Waals surface area contributed by atoms with Crippen LogP contribution in [0, 0.1) is 6.92 Å². The van der Waals surface area contributed by atoms with Crippen molar-refractivity contribution in [3.63, 3.8) is 0 Å². The number of carboxylic acids is 1. The Kier molecular flexibility index (Phi) is 8.05. The number of aryl methyl sites for hydroxylation is 1. The number of aliphatic carboxylic acids is 1. The summed E-state index contributed by atoms with van der Waals surface area (Å²) in [6.45, 7) is 6.45. The fourth-order valence-corrected chi connectivity index (χ4v) is 3.18. The molecule has 168 valence electrons. The van der Waals surface area contributed by atoms with Gasteiger partial charge in [-0.3, -0.25) is 15.1 Å². The van der Waals surface area contributed by atoms with E-state index in [-0.39, 0.29) is 6.42 Å². The number of hydroxylamine groups is 1. The molecule has 0 saturated carbocycles. The van der Waals surface area contributed by atoms with Crippen molar-refractivity contribution >= 4 is 11.5 Å². The Balaban J connectivity index is 1.67. The third-order valence-corrected chi connectivity index (χ3v) is 4.91. The number of hydrogen-bond donors (Lipinski definition) is 2. The zero-order valence-electron chi connectivity index (χ0n) is 18.6. The summed E-state index contributed by atoms with van der Waals surface area (Å²) >= 11 is 0. The standard InChI is InChI=1S/C25H28N2O5/c1-4-31-27-23(16-24(28)29)17(2)20-11-8-12-21(15-20)30-14-13-22-18(3)32-25(26-22)19-9-6-5-7-10-19/h5-12,15,27H,4,13-14,16H2,1-3H3,(H,28,29). The van der Waals surface area contributed by atoms with Crippen molar-refractivity contribution in [2.45, 2.75) is 33.6 Å². The average Bonchev–Trinajstić information content (AvgIpc) is 3.17. The van der Waals surface area contributed by atoms with Crippen molar-refractivity contribution in [2.24, 2.45) is 0 Å². The highest BCUT2D eigenvalue weighted by molar-refractivity contribution is 5.76. The van der Waals surface area contributed by atoms with Crippen LogP contribution < -0.4 is 10.2 Å². The Hall–Kier alpha value is -3.58. The predicted octanol–water partition coefficient (Wildman–Crippen LogP) is 5.02. The molecule has 0 saturated heterocycles. The zero-order chi connectivity index (χ0) is 22.9. The van der Waals surface area contributed by atoms with Crippen LogP contribution in [0.3, 0.4) is 0 Å². The van der Waals surface area contributed by atoms with Crippen molar-refractivity contribution in [1.82, 2.24) is 10.5 Å². The molecular weight excluding hydrogens is 408 g/mol. The molecule has 32 heavy (non-hydrogen) atoms.